The molecule has 0 aromatic heterocycles. The zero-order chi connectivity index (χ0) is 32.9. The molecule has 0 N–H and O–H groups in total. The number of carbonyl (C=O) groups excluding carboxylic acids is 1. The molecule has 0 amide bonds. The number of carbonyl (C=O) groups is 1. The van der Waals surface area contributed by atoms with E-state index in [1.165, 1.54) is 44.1 Å². The van der Waals surface area contributed by atoms with Crippen molar-refractivity contribution < 1.29 is 4.79 Å². The van der Waals surface area contributed by atoms with E-state index in [-0.39, 0.29) is 16.7 Å². The minimum absolute atomic E-state index is 0.109. The van der Waals surface area contributed by atoms with Crippen molar-refractivity contribution in [3.8, 4) is 0 Å². The summed E-state index contributed by atoms with van der Waals surface area (Å²) >= 11 is 0. The molecule has 46 heavy (non-hydrogen) atoms. The van der Waals surface area contributed by atoms with Crippen LogP contribution in [0.4, 0.5) is 5.69 Å². The highest BCUT2D eigenvalue weighted by Crippen LogP contribution is 2.49. The van der Waals surface area contributed by atoms with Gasteiger partial charge in [-0.2, -0.15) is 0 Å². The topological polar surface area (TPSA) is 32.7 Å². The number of benzene rings is 4. The number of aliphatic imine (C=N–C) groups is 1. The number of rotatable bonds is 12. The van der Waals surface area contributed by atoms with Crippen LogP contribution in [0.2, 0.25) is 0 Å². The summed E-state index contributed by atoms with van der Waals surface area (Å²) in [6.45, 7) is 13.9. The molecule has 0 bridgehead atoms. The fraction of sp³-hybridized carbons (Fsp3) is 0.349. The van der Waals surface area contributed by atoms with E-state index in [9.17, 15) is 4.79 Å². The summed E-state index contributed by atoms with van der Waals surface area (Å²) in [4.78, 5) is 19.6. The lowest BCUT2D eigenvalue weighted by Crippen LogP contribution is -2.28. The molecule has 3 heteroatoms. The van der Waals surface area contributed by atoms with Gasteiger partial charge in [-0.05, 0) is 63.7 Å². The maximum absolute atomic E-state index is 12.0. The van der Waals surface area contributed by atoms with Crippen molar-refractivity contribution >= 4 is 38.7 Å². The summed E-state index contributed by atoms with van der Waals surface area (Å²) in [5.41, 5.74) is 5.90. The molecular weight excluding hydrogens is 560 g/mol. The zero-order valence-electron chi connectivity index (χ0n) is 28.8. The molecule has 238 valence electrons. The maximum atomic E-state index is 12.0. The Morgan fingerprint density at radius 3 is 2.24 bits per heavy atom. The van der Waals surface area contributed by atoms with Gasteiger partial charge in [-0.1, -0.05) is 139 Å². The molecule has 4 aromatic rings. The highest BCUT2D eigenvalue weighted by molar-refractivity contribution is 6.06. The van der Waals surface area contributed by atoms with E-state index in [0.29, 0.717) is 12.2 Å². The Hall–Kier alpha value is -4.24. The molecule has 0 fully saturated rings. The second-order valence-corrected chi connectivity index (χ2v) is 14.0. The first kappa shape index (κ1) is 33.1. The van der Waals surface area contributed by atoms with Crippen LogP contribution < -0.4 is 4.90 Å². The van der Waals surface area contributed by atoms with Crippen LogP contribution in [0.3, 0.4) is 0 Å². The minimum atomic E-state index is -0.284. The van der Waals surface area contributed by atoms with Crippen LogP contribution in [0.1, 0.15) is 78.4 Å². The smallest absolute Gasteiger partial charge is 0.135 e. The monoisotopic (exact) mass is 610 g/mol. The Morgan fingerprint density at radius 2 is 1.50 bits per heavy atom. The van der Waals surface area contributed by atoms with Crippen molar-refractivity contribution in [1.82, 2.24) is 0 Å². The molecule has 3 nitrogen and oxygen atoms in total. The summed E-state index contributed by atoms with van der Waals surface area (Å²) in [6, 6.07) is 28.4. The quantitative estimate of drug-likeness (QED) is 0.0908. The predicted octanol–water partition coefficient (Wildman–Crippen LogP) is 10.9. The van der Waals surface area contributed by atoms with Crippen LogP contribution in [0.15, 0.2) is 120 Å². The van der Waals surface area contributed by atoms with Gasteiger partial charge in [0.05, 0.1) is 0 Å². The van der Waals surface area contributed by atoms with Crippen LogP contribution in [0.5, 0.6) is 0 Å². The lowest BCUT2D eigenvalue weighted by Gasteiger charge is -2.27. The Morgan fingerprint density at radius 1 is 0.826 bits per heavy atom. The van der Waals surface area contributed by atoms with E-state index in [2.05, 4.69) is 149 Å². The number of nitrogens with zero attached hydrogens (tertiary/aromatic N) is 2. The summed E-state index contributed by atoms with van der Waals surface area (Å²) < 4.78 is 0. The number of Topliss-reactive ketones (excluding diaryl/α,β-unsaturated/α-hetero) is 1. The molecule has 1 aliphatic heterocycles. The molecule has 0 aliphatic carbocycles. The molecule has 0 saturated heterocycles. The van der Waals surface area contributed by atoms with Crippen LogP contribution in [-0.4, -0.2) is 25.1 Å². The first-order valence-electron chi connectivity index (χ1n) is 16.9. The second-order valence-electron chi connectivity index (χ2n) is 14.0. The van der Waals surface area contributed by atoms with Gasteiger partial charge < -0.3 is 4.90 Å². The third-order valence-electron chi connectivity index (χ3n) is 9.74. The van der Waals surface area contributed by atoms with Crippen molar-refractivity contribution in [1.29, 1.82) is 0 Å². The molecule has 5 rings (SSSR count). The SMILES string of the molecule is CC(C)C(=O)CCCCCN=C(/C=C/C=C/C=C1/N(C)c2ccc3ccccc3c2C1(C)C)C(C)(C)c1cccc2ccccc12. The van der Waals surface area contributed by atoms with Crippen LogP contribution >= 0.6 is 0 Å². The van der Waals surface area contributed by atoms with Gasteiger partial charge in [0.2, 0.25) is 0 Å². The normalized spacial score (nSPS) is 16.1. The molecule has 4 aromatic carbocycles. The largest absolute Gasteiger partial charge is 0.347 e. The number of unbranched alkanes of at least 4 members (excludes halogenated alkanes) is 2. The van der Waals surface area contributed by atoms with E-state index in [4.69, 9.17) is 4.99 Å². The molecule has 0 unspecified atom stereocenters. The molecular formula is C43H50N2O. The second kappa shape index (κ2) is 14.0. The Balaban J connectivity index is 1.38. The van der Waals surface area contributed by atoms with Crippen LogP contribution in [0.25, 0.3) is 21.5 Å². The van der Waals surface area contributed by atoms with E-state index in [0.717, 1.165) is 31.5 Å². The van der Waals surface area contributed by atoms with Gasteiger partial charge in [-0.3, -0.25) is 9.79 Å². The number of hydrogen-bond acceptors (Lipinski definition) is 3. The maximum Gasteiger partial charge on any atom is 0.135 e. The summed E-state index contributed by atoms with van der Waals surface area (Å²) in [7, 11) is 2.17. The number of ketones is 1. The van der Waals surface area contributed by atoms with E-state index in [1.807, 2.05) is 13.8 Å². The van der Waals surface area contributed by atoms with Crippen LogP contribution in [-0.2, 0) is 15.6 Å². The number of anilines is 1. The summed E-state index contributed by atoms with van der Waals surface area (Å²) in [5.74, 6) is 0.477. The van der Waals surface area contributed by atoms with Crippen molar-refractivity contribution in [2.45, 2.75) is 78.1 Å². The molecule has 1 aliphatic rings. The lowest BCUT2D eigenvalue weighted by molar-refractivity contribution is -0.122. The average Bonchev–Trinajstić information content (AvgIpc) is 3.24. The fourth-order valence-corrected chi connectivity index (χ4v) is 6.99. The number of fused-ring (bicyclic) bond motifs is 4. The van der Waals surface area contributed by atoms with Crippen molar-refractivity contribution in [2.24, 2.45) is 10.9 Å². The summed E-state index contributed by atoms with van der Waals surface area (Å²) in [6.07, 6.45) is 14.5. The van der Waals surface area contributed by atoms with E-state index in [1.54, 1.807) is 0 Å². The first-order chi connectivity index (χ1) is 22.0. The van der Waals surface area contributed by atoms with Gasteiger partial charge in [0.25, 0.3) is 0 Å². The summed E-state index contributed by atoms with van der Waals surface area (Å²) in [5, 5.41) is 5.12. The van der Waals surface area contributed by atoms with E-state index >= 15 is 0 Å². The molecule has 1 heterocycles. The van der Waals surface area contributed by atoms with Gasteiger partial charge in [-0.25, -0.2) is 0 Å². The number of likely N-dealkylation sites (N-methyl/N-ethyl adjacent to an activating group) is 1. The average molecular weight is 611 g/mol. The van der Waals surface area contributed by atoms with Gasteiger partial charge in [0.15, 0.2) is 0 Å². The van der Waals surface area contributed by atoms with Gasteiger partial charge in [-0.15, -0.1) is 0 Å². The van der Waals surface area contributed by atoms with Crippen molar-refractivity contribution in [2.75, 3.05) is 18.5 Å². The molecule has 0 radical (unpaired) electrons. The zero-order valence-corrected chi connectivity index (χ0v) is 28.8. The van der Waals surface area contributed by atoms with Crippen LogP contribution in [0, 0.1) is 5.92 Å². The number of allylic oxidation sites excluding steroid dienone is 6. The highest BCUT2D eigenvalue weighted by Gasteiger charge is 2.39. The van der Waals surface area contributed by atoms with Gasteiger partial charge >= 0.3 is 0 Å². The standard InChI is InChI=1S/C43H50N2O/c1-31(2)38(46)25-10-9-17-30-44-39(42(3,4)36-24-18-21-32-19-13-15-22-34(32)36)26-11-8-12-27-40-43(5,6)41-35-23-16-14-20-33(35)28-29-37(41)45(40)7/h8,11-16,18-24,26-29,31H,9-10,17,25,30H2,1-7H3/b12-8+,26-11+,40-27+,44-39?. The predicted molar refractivity (Wildman–Crippen MR) is 199 cm³/mol. The van der Waals surface area contributed by atoms with E-state index < -0.39 is 0 Å². The first-order valence-corrected chi connectivity index (χ1v) is 16.9. The highest BCUT2D eigenvalue weighted by atomic mass is 16.1. The lowest BCUT2D eigenvalue weighted by atomic mass is 9.77. The third-order valence-corrected chi connectivity index (χ3v) is 9.74. The Kier molecular flexibility index (Phi) is 10.1. The molecule has 0 atom stereocenters. The minimum Gasteiger partial charge on any atom is -0.347 e. The Bertz CT molecular complexity index is 1830. The Labute approximate surface area is 276 Å². The van der Waals surface area contributed by atoms with Gasteiger partial charge in [0.1, 0.15) is 5.78 Å². The van der Waals surface area contributed by atoms with Crippen molar-refractivity contribution in [3.63, 3.8) is 0 Å². The fourth-order valence-electron chi connectivity index (χ4n) is 6.99. The van der Waals surface area contributed by atoms with Crippen molar-refractivity contribution in [3.05, 3.63) is 126 Å². The third kappa shape index (κ3) is 6.79. The van der Waals surface area contributed by atoms with Gasteiger partial charge in [0, 0.05) is 53.9 Å². The molecule has 0 spiro atoms. The number of hydrogen-bond donors (Lipinski definition) is 0. The molecule has 0 saturated carbocycles.